The Balaban J connectivity index is 0.00000220. The largest absolute Gasteiger partial charge is 0.493 e. The fourth-order valence-corrected chi connectivity index (χ4v) is 2.64. The van der Waals surface area contributed by atoms with Crippen molar-refractivity contribution in [2.45, 2.75) is 33.2 Å². The van der Waals surface area contributed by atoms with E-state index in [-0.39, 0.29) is 29.8 Å². The highest BCUT2D eigenvalue weighted by Gasteiger charge is 2.36. The Hall–Kier alpha value is -1.26. The highest BCUT2D eigenvalue weighted by atomic mass is 35.5. The monoisotopic (exact) mass is 312 g/mol. The van der Waals surface area contributed by atoms with E-state index in [9.17, 15) is 4.79 Å². The van der Waals surface area contributed by atoms with Crippen molar-refractivity contribution in [1.82, 2.24) is 4.90 Å². The van der Waals surface area contributed by atoms with Gasteiger partial charge in [-0.15, -0.1) is 12.4 Å². The molecule has 118 valence electrons. The Kier molecular flexibility index (Phi) is 6.05. The molecule has 1 fully saturated rings. The van der Waals surface area contributed by atoms with E-state index in [1.165, 1.54) is 0 Å². The first kappa shape index (κ1) is 17.8. The molecule has 1 unspecified atom stereocenters. The molecule has 0 bridgehead atoms. The van der Waals surface area contributed by atoms with Gasteiger partial charge in [-0.05, 0) is 30.9 Å². The maximum absolute atomic E-state index is 12.7. The minimum absolute atomic E-state index is 0. The number of ether oxygens (including phenoxy) is 1. The van der Waals surface area contributed by atoms with Gasteiger partial charge in [-0.3, -0.25) is 4.79 Å². The SMILES string of the molecule is CCOc1ccccc1C(=O)N1CCC(N)C(C)(C)C1.Cl. The van der Waals surface area contributed by atoms with E-state index in [2.05, 4.69) is 13.8 Å². The van der Waals surface area contributed by atoms with Crippen LogP contribution in [0.4, 0.5) is 0 Å². The molecule has 0 aliphatic carbocycles. The van der Waals surface area contributed by atoms with Crippen LogP contribution in [0.25, 0.3) is 0 Å². The summed E-state index contributed by atoms with van der Waals surface area (Å²) >= 11 is 0. The number of carbonyl (C=O) groups is 1. The number of hydrogen-bond acceptors (Lipinski definition) is 3. The molecule has 0 spiro atoms. The number of nitrogens with two attached hydrogens (primary N) is 1. The molecule has 1 amide bonds. The predicted octanol–water partition coefficient (Wildman–Crippen LogP) is 2.71. The normalized spacial score (nSPS) is 20.6. The molecule has 1 heterocycles. The van der Waals surface area contributed by atoms with Crippen molar-refractivity contribution < 1.29 is 9.53 Å². The van der Waals surface area contributed by atoms with Crippen LogP contribution in [-0.2, 0) is 0 Å². The van der Waals surface area contributed by atoms with Crippen LogP contribution in [0.3, 0.4) is 0 Å². The van der Waals surface area contributed by atoms with Gasteiger partial charge in [-0.25, -0.2) is 0 Å². The molecule has 21 heavy (non-hydrogen) atoms. The zero-order valence-electron chi connectivity index (χ0n) is 13.0. The van der Waals surface area contributed by atoms with Crippen LogP contribution in [0.2, 0.25) is 0 Å². The third-order valence-electron chi connectivity index (χ3n) is 4.02. The number of piperidine rings is 1. The average molecular weight is 313 g/mol. The molecule has 1 aliphatic heterocycles. The zero-order valence-corrected chi connectivity index (χ0v) is 13.8. The molecule has 0 aromatic heterocycles. The molecule has 0 radical (unpaired) electrons. The van der Waals surface area contributed by atoms with Crippen molar-refractivity contribution >= 4 is 18.3 Å². The second-order valence-electron chi connectivity index (χ2n) is 6.04. The van der Waals surface area contributed by atoms with Crippen molar-refractivity contribution in [1.29, 1.82) is 0 Å². The zero-order chi connectivity index (χ0) is 14.8. The minimum atomic E-state index is -0.0472. The maximum atomic E-state index is 12.7. The number of nitrogens with zero attached hydrogens (tertiary/aromatic N) is 1. The molecular formula is C16H25ClN2O2. The number of amides is 1. The average Bonchev–Trinajstić information content (AvgIpc) is 2.42. The first-order valence-corrected chi connectivity index (χ1v) is 7.22. The first-order chi connectivity index (χ1) is 9.45. The summed E-state index contributed by atoms with van der Waals surface area (Å²) in [6, 6.07) is 7.58. The first-order valence-electron chi connectivity index (χ1n) is 7.22. The molecule has 1 atom stereocenters. The summed E-state index contributed by atoms with van der Waals surface area (Å²) in [4.78, 5) is 14.6. The summed E-state index contributed by atoms with van der Waals surface area (Å²) in [5.41, 5.74) is 6.72. The number of rotatable bonds is 3. The smallest absolute Gasteiger partial charge is 0.257 e. The summed E-state index contributed by atoms with van der Waals surface area (Å²) < 4.78 is 5.55. The van der Waals surface area contributed by atoms with Crippen molar-refractivity contribution in [2.75, 3.05) is 19.7 Å². The number of benzene rings is 1. The summed E-state index contributed by atoms with van der Waals surface area (Å²) in [7, 11) is 0. The number of halogens is 1. The van der Waals surface area contributed by atoms with E-state index in [0.717, 1.165) is 6.42 Å². The van der Waals surface area contributed by atoms with Crippen LogP contribution < -0.4 is 10.5 Å². The summed E-state index contributed by atoms with van der Waals surface area (Å²) in [5, 5.41) is 0. The van der Waals surface area contributed by atoms with Gasteiger partial charge in [0.1, 0.15) is 5.75 Å². The minimum Gasteiger partial charge on any atom is -0.493 e. The Bertz CT molecular complexity index is 491. The van der Waals surface area contributed by atoms with Gasteiger partial charge in [0.2, 0.25) is 0 Å². The quantitative estimate of drug-likeness (QED) is 0.933. The highest BCUT2D eigenvalue weighted by Crippen LogP contribution is 2.30. The molecule has 0 saturated carbocycles. The van der Waals surface area contributed by atoms with E-state index >= 15 is 0 Å². The number of carbonyl (C=O) groups excluding carboxylic acids is 1. The van der Waals surface area contributed by atoms with E-state index in [4.69, 9.17) is 10.5 Å². The maximum Gasteiger partial charge on any atom is 0.257 e. The van der Waals surface area contributed by atoms with Crippen molar-refractivity contribution in [2.24, 2.45) is 11.1 Å². The molecule has 1 aromatic carbocycles. The predicted molar refractivity (Wildman–Crippen MR) is 87.1 cm³/mol. The molecule has 2 rings (SSSR count). The molecule has 5 heteroatoms. The lowest BCUT2D eigenvalue weighted by Gasteiger charge is -2.42. The Morgan fingerprint density at radius 1 is 1.43 bits per heavy atom. The van der Waals surface area contributed by atoms with E-state index in [0.29, 0.717) is 31.0 Å². The second-order valence-corrected chi connectivity index (χ2v) is 6.04. The summed E-state index contributed by atoms with van der Waals surface area (Å²) in [6.45, 7) is 8.11. The van der Waals surface area contributed by atoms with Gasteiger partial charge in [0.15, 0.2) is 0 Å². The number of hydrogen-bond donors (Lipinski definition) is 1. The van der Waals surface area contributed by atoms with Gasteiger partial charge in [-0.2, -0.15) is 0 Å². The summed E-state index contributed by atoms with van der Waals surface area (Å²) in [5.74, 6) is 0.696. The Morgan fingerprint density at radius 2 is 2.10 bits per heavy atom. The van der Waals surface area contributed by atoms with Crippen LogP contribution in [-0.4, -0.2) is 36.5 Å². The van der Waals surface area contributed by atoms with Crippen molar-refractivity contribution in [3.05, 3.63) is 29.8 Å². The third kappa shape index (κ3) is 3.89. The van der Waals surface area contributed by atoms with Gasteiger partial charge in [-0.1, -0.05) is 26.0 Å². The van der Waals surface area contributed by atoms with Gasteiger partial charge in [0.05, 0.1) is 12.2 Å². The highest BCUT2D eigenvalue weighted by molar-refractivity contribution is 5.97. The molecule has 1 aliphatic rings. The molecule has 2 N–H and O–H groups in total. The Labute approximate surface area is 133 Å². The second kappa shape index (κ2) is 7.14. The fourth-order valence-electron chi connectivity index (χ4n) is 2.64. The number of likely N-dealkylation sites (tertiary alicyclic amines) is 1. The van der Waals surface area contributed by atoms with Gasteiger partial charge in [0, 0.05) is 19.1 Å². The van der Waals surface area contributed by atoms with Crippen LogP contribution >= 0.6 is 12.4 Å². The van der Waals surface area contributed by atoms with Gasteiger partial charge >= 0.3 is 0 Å². The van der Waals surface area contributed by atoms with Crippen LogP contribution in [0.15, 0.2) is 24.3 Å². The van der Waals surface area contributed by atoms with Crippen LogP contribution in [0.5, 0.6) is 5.75 Å². The van der Waals surface area contributed by atoms with Gasteiger partial charge < -0.3 is 15.4 Å². The topological polar surface area (TPSA) is 55.6 Å². The number of para-hydroxylation sites is 1. The van der Waals surface area contributed by atoms with E-state index in [1.807, 2.05) is 36.1 Å². The molecule has 1 saturated heterocycles. The molecule has 4 nitrogen and oxygen atoms in total. The van der Waals surface area contributed by atoms with Crippen LogP contribution in [0.1, 0.15) is 37.6 Å². The summed E-state index contributed by atoms with van der Waals surface area (Å²) in [6.07, 6.45) is 0.843. The Morgan fingerprint density at radius 3 is 2.71 bits per heavy atom. The van der Waals surface area contributed by atoms with Crippen molar-refractivity contribution in [3.63, 3.8) is 0 Å². The fraction of sp³-hybridized carbons (Fsp3) is 0.562. The third-order valence-corrected chi connectivity index (χ3v) is 4.02. The lowest BCUT2D eigenvalue weighted by atomic mass is 9.79. The molecular weight excluding hydrogens is 288 g/mol. The van der Waals surface area contributed by atoms with Crippen LogP contribution in [0, 0.1) is 5.41 Å². The van der Waals surface area contributed by atoms with E-state index < -0.39 is 0 Å². The standard InChI is InChI=1S/C16H24N2O2.ClH/c1-4-20-13-8-6-5-7-12(13)15(19)18-10-9-14(17)16(2,3)11-18;/h5-8,14H,4,9-11,17H2,1-3H3;1H. The lowest BCUT2D eigenvalue weighted by Crippen LogP contribution is -2.54. The lowest BCUT2D eigenvalue weighted by molar-refractivity contribution is 0.0529. The van der Waals surface area contributed by atoms with E-state index in [1.54, 1.807) is 0 Å². The molecule has 1 aromatic rings. The van der Waals surface area contributed by atoms with Crippen molar-refractivity contribution in [3.8, 4) is 5.75 Å². The van der Waals surface area contributed by atoms with Gasteiger partial charge in [0.25, 0.3) is 5.91 Å².